The highest BCUT2D eigenvalue weighted by Gasteiger charge is 2.04. The average molecular weight is 266 g/mol. The molecule has 0 aliphatic rings. The summed E-state index contributed by atoms with van der Waals surface area (Å²) in [5.41, 5.74) is 7.65. The van der Waals surface area contributed by atoms with E-state index in [1.54, 1.807) is 24.2 Å². The summed E-state index contributed by atoms with van der Waals surface area (Å²) in [6.45, 7) is 0.413. The van der Waals surface area contributed by atoms with Gasteiger partial charge in [-0.05, 0) is 17.7 Å². The van der Waals surface area contributed by atoms with E-state index in [1.165, 1.54) is 5.56 Å². The Morgan fingerprint density at radius 2 is 1.82 bits per heavy atom. The van der Waals surface area contributed by atoms with Crippen LogP contribution < -0.4 is 5.73 Å². The summed E-state index contributed by atoms with van der Waals surface area (Å²) in [5, 5.41) is 1.64. The molecular formula is C12H12ClN3S. The summed E-state index contributed by atoms with van der Waals surface area (Å²) in [4.78, 5) is 8.47. The van der Waals surface area contributed by atoms with Crippen LogP contribution in [0.5, 0.6) is 0 Å². The number of thioether (sulfide) groups is 1. The minimum Gasteiger partial charge on any atom is -0.325 e. The molecule has 3 nitrogen and oxygen atoms in total. The molecule has 0 unspecified atom stereocenters. The summed E-state index contributed by atoms with van der Waals surface area (Å²) in [5.74, 6) is 0.836. The van der Waals surface area contributed by atoms with Crippen LogP contribution in [0, 0.1) is 0 Å². The second-order valence-corrected chi connectivity index (χ2v) is 4.83. The third kappa shape index (κ3) is 3.43. The Kier molecular flexibility index (Phi) is 4.36. The highest BCUT2D eigenvalue weighted by Crippen LogP contribution is 2.23. The Morgan fingerprint density at radius 3 is 2.53 bits per heavy atom. The second kappa shape index (κ2) is 6.00. The molecule has 1 aromatic heterocycles. The van der Waals surface area contributed by atoms with Crippen LogP contribution in [0.25, 0.3) is 0 Å². The summed E-state index contributed by atoms with van der Waals surface area (Å²) < 4.78 is 0. The molecule has 0 aliphatic heterocycles. The zero-order valence-electron chi connectivity index (χ0n) is 9.14. The number of halogens is 1. The van der Waals surface area contributed by atoms with Gasteiger partial charge >= 0.3 is 0 Å². The van der Waals surface area contributed by atoms with Gasteiger partial charge in [0.15, 0.2) is 0 Å². The molecule has 17 heavy (non-hydrogen) atoms. The SMILES string of the molecule is NCc1nccnc1SCc1ccc(Cl)cc1. The van der Waals surface area contributed by atoms with E-state index in [-0.39, 0.29) is 0 Å². The van der Waals surface area contributed by atoms with Crippen molar-refractivity contribution >= 4 is 23.4 Å². The number of nitrogens with zero attached hydrogens (tertiary/aromatic N) is 2. The molecule has 88 valence electrons. The summed E-state index contributed by atoms with van der Waals surface area (Å²) in [7, 11) is 0. The van der Waals surface area contributed by atoms with E-state index in [4.69, 9.17) is 17.3 Å². The summed E-state index contributed by atoms with van der Waals surface area (Å²) in [6.07, 6.45) is 3.35. The van der Waals surface area contributed by atoms with E-state index in [1.807, 2.05) is 24.3 Å². The molecule has 5 heteroatoms. The monoisotopic (exact) mass is 265 g/mol. The van der Waals surface area contributed by atoms with Gasteiger partial charge in [0, 0.05) is 29.7 Å². The molecule has 1 heterocycles. The van der Waals surface area contributed by atoms with Crippen LogP contribution in [-0.4, -0.2) is 9.97 Å². The maximum absolute atomic E-state index is 5.83. The van der Waals surface area contributed by atoms with Crippen LogP contribution in [-0.2, 0) is 12.3 Å². The third-order valence-electron chi connectivity index (χ3n) is 2.22. The lowest BCUT2D eigenvalue weighted by Gasteiger charge is -2.05. The highest BCUT2D eigenvalue weighted by molar-refractivity contribution is 7.98. The Bertz CT molecular complexity index is 487. The predicted octanol–water partition coefficient (Wildman–Crippen LogP) is 2.88. The first kappa shape index (κ1) is 12.4. The predicted molar refractivity (Wildman–Crippen MR) is 70.9 cm³/mol. The maximum Gasteiger partial charge on any atom is 0.119 e. The molecule has 0 aliphatic carbocycles. The van der Waals surface area contributed by atoms with Gasteiger partial charge in [-0.3, -0.25) is 4.98 Å². The zero-order valence-corrected chi connectivity index (χ0v) is 10.7. The number of nitrogens with two attached hydrogens (primary N) is 1. The van der Waals surface area contributed by atoms with Gasteiger partial charge in [0.2, 0.25) is 0 Å². The minimum atomic E-state index is 0.413. The van der Waals surface area contributed by atoms with Crippen LogP contribution in [0.1, 0.15) is 11.3 Å². The Hall–Kier alpha value is -1.10. The molecule has 2 aromatic rings. The van der Waals surface area contributed by atoms with Crippen molar-refractivity contribution in [2.45, 2.75) is 17.3 Å². The smallest absolute Gasteiger partial charge is 0.119 e. The van der Waals surface area contributed by atoms with Gasteiger partial charge in [-0.2, -0.15) is 0 Å². The van der Waals surface area contributed by atoms with E-state index >= 15 is 0 Å². The molecular weight excluding hydrogens is 254 g/mol. The molecule has 0 saturated heterocycles. The molecule has 0 radical (unpaired) electrons. The van der Waals surface area contributed by atoms with Crippen LogP contribution in [0.3, 0.4) is 0 Å². The van der Waals surface area contributed by atoms with Crippen molar-refractivity contribution in [1.29, 1.82) is 0 Å². The first-order chi connectivity index (χ1) is 8.29. The van der Waals surface area contributed by atoms with Gasteiger partial charge in [-0.1, -0.05) is 35.5 Å². The first-order valence-electron chi connectivity index (χ1n) is 5.17. The molecule has 2 rings (SSSR count). The molecule has 0 fully saturated rings. The largest absolute Gasteiger partial charge is 0.325 e. The molecule has 0 bridgehead atoms. The quantitative estimate of drug-likeness (QED) is 0.864. The van der Waals surface area contributed by atoms with Crippen LogP contribution >= 0.6 is 23.4 Å². The Labute approximate surface area is 109 Å². The van der Waals surface area contributed by atoms with Crippen LogP contribution in [0.4, 0.5) is 0 Å². The van der Waals surface area contributed by atoms with Gasteiger partial charge in [0.25, 0.3) is 0 Å². The number of aromatic nitrogens is 2. The van der Waals surface area contributed by atoms with Crippen LogP contribution in [0.15, 0.2) is 41.7 Å². The van der Waals surface area contributed by atoms with Crippen molar-refractivity contribution in [3.05, 3.63) is 52.9 Å². The summed E-state index contributed by atoms with van der Waals surface area (Å²) >= 11 is 7.46. The number of hydrogen-bond donors (Lipinski definition) is 1. The van der Waals surface area contributed by atoms with Gasteiger partial charge in [0.05, 0.1) is 5.69 Å². The maximum atomic E-state index is 5.83. The topological polar surface area (TPSA) is 51.8 Å². The minimum absolute atomic E-state index is 0.413. The fourth-order valence-electron chi connectivity index (χ4n) is 1.35. The van der Waals surface area contributed by atoms with E-state index in [0.29, 0.717) is 6.54 Å². The fourth-order valence-corrected chi connectivity index (χ4v) is 2.41. The molecule has 0 spiro atoms. The zero-order chi connectivity index (χ0) is 12.1. The van der Waals surface area contributed by atoms with Crippen molar-refractivity contribution < 1.29 is 0 Å². The fraction of sp³-hybridized carbons (Fsp3) is 0.167. The molecule has 0 atom stereocenters. The summed E-state index contributed by atoms with van der Waals surface area (Å²) in [6, 6.07) is 7.79. The van der Waals surface area contributed by atoms with Gasteiger partial charge in [0.1, 0.15) is 5.03 Å². The average Bonchev–Trinajstić information content (AvgIpc) is 2.38. The normalized spacial score (nSPS) is 10.5. The van der Waals surface area contributed by atoms with Crippen LogP contribution in [0.2, 0.25) is 5.02 Å². The van der Waals surface area contributed by atoms with Crippen molar-refractivity contribution in [2.75, 3.05) is 0 Å². The van der Waals surface area contributed by atoms with Crippen molar-refractivity contribution in [3.63, 3.8) is 0 Å². The lowest BCUT2D eigenvalue weighted by Crippen LogP contribution is -2.02. The van der Waals surface area contributed by atoms with Gasteiger partial charge < -0.3 is 5.73 Å². The van der Waals surface area contributed by atoms with Crippen molar-refractivity contribution in [2.24, 2.45) is 5.73 Å². The molecule has 1 aromatic carbocycles. The lowest BCUT2D eigenvalue weighted by atomic mass is 10.2. The number of hydrogen-bond acceptors (Lipinski definition) is 4. The van der Waals surface area contributed by atoms with E-state index < -0.39 is 0 Å². The van der Waals surface area contributed by atoms with Crippen molar-refractivity contribution in [3.8, 4) is 0 Å². The molecule has 0 amide bonds. The standard InChI is InChI=1S/C12H12ClN3S/c13-10-3-1-9(2-4-10)8-17-12-11(7-14)15-5-6-16-12/h1-6H,7-8,14H2. The molecule has 2 N–H and O–H groups in total. The van der Waals surface area contributed by atoms with E-state index in [9.17, 15) is 0 Å². The highest BCUT2D eigenvalue weighted by atomic mass is 35.5. The number of benzene rings is 1. The lowest BCUT2D eigenvalue weighted by molar-refractivity contribution is 0.886. The van der Waals surface area contributed by atoms with Gasteiger partial charge in [-0.25, -0.2) is 4.98 Å². The Morgan fingerprint density at radius 1 is 1.12 bits per heavy atom. The number of rotatable bonds is 4. The van der Waals surface area contributed by atoms with Crippen molar-refractivity contribution in [1.82, 2.24) is 9.97 Å². The van der Waals surface area contributed by atoms with E-state index in [2.05, 4.69) is 9.97 Å². The first-order valence-corrected chi connectivity index (χ1v) is 6.53. The molecule has 0 saturated carbocycles. The second-order valence-electron chi connectivity index (χ2n) is 3.43. The Balaban J connectivity index is 2.04. The van der Waals surface area contributed by atoms with E-state index in [0.717, 1.165) is 21.5 Å². The third-order valence-corrected chi connectivity index (χ3v) is 3.56. The van der Waals surface area contributed by atoms with Gasteiger partial charge in [-0.15, -0.1) is 0 Å².